The van der Waals surface area contributed by atoms with E-state index in [1.807, 2.05) is 78.9 Å². The molecule has 0 heterocycles. The van der Waals surface area contributed by atoms with E-state index >= 15 is 0 Å². The van der Waals surface area contributed by atoms with Gasteiger partial charge in [0.25, 0.3) is 0 Å². The van der Waals surface area contributed by atoms with E-state index in [9.17, 15) is 27.9 Å². The van der Waals surface area contributed by atoms with Crippen molar-refractivity contribution in [2.24, 2.45) is 5.92 Å². The number of para-hydroxylation sites is 1. The zero-order valence-corrected chi connectivity index (χ0v) is 26.8. The largest absolute Gasteiger partial charge is 0.488 e. The van der Waals surface area contributed by atoms with Gasteiger partial charge in [-0.05, 0) is 95.5 Å². The highest BCUT2D eigenvalue weighted by molar-refractivity contribution is 5.89. The third kappa shape index (κ3) is 9.70. The Kier molecular flexibility index (Phi) is 11.3. The van der Waals surface area contributed by atoms with Gasteiger partial charge in [0.1, 0.15) is 12.4 Å². The highest BCUT2D eigenvalue weighted by Crippen LogP contribution is 2.31. The first kappa shape index (κ1) is 34.7. The molecule has 0 saturated carbocycles. The maximum Gasteiger partial charge on any atom is 0.416 e. The molecule has 250 valence electrons. The van der Waals surface area contributed by atoms with Gasteiger partial charge in [-0.2, -0.15) is 13.2 Å². The van der Waals surface area contributed by atoms with Crippen LogP contribution in [-0.2, 0) is 30.4 Å². The molecule has 5 aromatic rings. The minimum absolute atomic E-state index is 0.119. The molecule has 0 aromatic heterocycles. The van der Waals surface area contributed by atoms with Crippen molar-refractivity contribution >= 4 is 18.0 Å². The second-order valence-corrected chi connectivity index (χ2v) is 11.7. The van der Waals surface area contributed by atoms with Crippen molar-refractivity contribution in [1.29, 1.82) is 0 Å². The molecule has 5 aromatic carbocycles. The summed E-state index contributed by atoms with van der Waals surface area (Å²) in [5.41, 5.74) is 5.48. The molecule has 0 aliphatic rings. The number of methoxy groups -OCH3 is 1. The van der Waals surface area contributed by atoms with Gasteiger partial charge in [0.15, 0.2) is 0 Å². The predicted molar refractivity (Wildman–Crippen MR) is 183 cm³/mol. The molecular weight excluding hydrogens is 629 g/mol. The zero-order valence-electron chi connectivity index (χ0n) is 26.8. The van der Waals surface area contributed by atoms with Crippen LogP contribution in [0.25, 0.3) is 17.2 Å². The standard InChI is InChI=1S/C41H35F3O5/c1-48-40(47)36-20-11-30(12-21-36)26-29(7-6-28-8-18-35(19-9-28)39(45)46)10-17-34-4-2-3-5-38(34)49-27-31-13-15-32(16-14-31)33-22-24-37(25-23-33)41(42,43)44/h2-5,8-25,29H,6-7,26-27H2,1H3,(H,45,46)/b17-10+. The summed E-state index contributed by atoms with van der Waals surface area (Å²) in [7, 11) is 1.35. The number of carboxylic acids is 1. The summed E-state index contributed by atoms with van der Waals surface area (Å²) in [6.07, 6.45) is 2.10. The Labute approximate surface area is 283 Å². The molecule has 0 spiro atoms. The van der Waals surface area contributed by atoms with Gasteiger partial charge in [0, 0.05) is 5.56 Å². The summed E-state index contributed by atoms with van der Waals surface area (Å²) in [6.45, 7) is 0.306. The maximum absolute atomic E-state index is 12.9. The van der Waals surface area contributed by atoms with E-state index < -0.39 is 17.7 Å². The Morgan fingerprint density at radius 3 is 1.92 bits per heavy atom. The molecule has 0 aliphatic heterocycles. The van der Waals surface area contributed by atoms with Crippen LogP contribution in [0.3, 0.4) is 0 Å². The minimum Gasteiger partial charge on any atom is -0.488 e. The highest BCUT2D eigenvalue weighted by atomic mass is 19.4. The number of carbonyl (C=O) groups excluding carboxylic acids is 1. The number of rotatable bonds is 13. The lowest BCUT2D eigenvalue weighted by atomic mass is 9.91. The Morgan fingerprint density at radius 2 is 1.31 bits per heavy atom. The number of halogens is 3. The smallest absolute Gasteiger partial charge is 0.416 e. The summed E-state index contributed by atoms with van der Waals surface area (Å²) in [5.74, 6) is -0.525. The van der Waals surface area contributed by atoms with Crippen LogP contribution in [0.15, 0.2) is 127 Å². The van der Waals surface area contributed by atoms with Crippen LogP contribution in [0.5, 0.6) is 5.75 Å². The van der Waals surface area contributed by atoms with Crippen molar-refractivity contribution < 1.29 is 37.3 Å². The molecular formula is C41H35F3O5. The van der Waals surface area contributed by atoms with Crippen molar-refractivity contribution in [2.45, 2.75) is 32.0 Å². The molecule has 49 heavy (non-hydrogen) atoms. The summed E-state index contributed by atoms with van der Waals surface area (Å²) in [4.78, 5) is 23.2. The summed E-state index contributed by atoms with van der Waals surface area (Å²) in [5, 5.41) is 9.24. The van der Waals surface area contributed by atoms with Crippen molar-refractivity contribution in [3.63, 3.8) is 0 Å². The highest BCUT2D eigenvalue weighted by Gasteiger charge is 2.30. The van der Waals surface area contributed by atoms with E-state index in [2.05, 4.69) is 6.08 Å². The lowest BCUT2D eigenvalue weighted by molar-refractivity contribution is -0.137. The first-order chi connectivity index (χ1) is 23.6. The van der Waals surface area contributed by atoms with Gasteiger partial charge in [-0.25, -0.2) is 9.59 Å². The number of carboxylic acid groups (broad SMARTS) is 1. The lowest BCUT2D eigenvalue weighted by Gasteiger charge is -2.15. The van der Waals surface area contributed by atoms with Crippen LogP contribution in [-0.4, -0.2) is 24.2 Å². The first-order valence-electron chi connectivity index (χ1n) is 15.7. The predicted octanol–water partition coefficient (Wildman–Crippen LogP) is 9.94. The molecule has 0 aliphatic carbocycles. The number of alkyl halides is 3. The number of ether oxygens (including phenoxy) is 2. The van der Waals surface area contributed by atoms with Crippen molar-refractivity contribution in [3.05, 3.63) is 166 Å². The van der Waals surface area contributed by atoms with Gasteiger partial charge in [0.05, 0.1) is 23.8 Å². The van der Waals surface area contributed by atoms with Crippen LogP contribution in [0.4, 0.5) is 13.2 Å². The molecule has 5 nitrogen and oxygen atoms in total. The number of aryl methyl sites for hydroxylation is 1. The second kappa shape index (κ2) is 16.0. The Balaban J connectivity index is 1.27. The Bertz CT molecular complexity index is 1880. The van der Waals surface area contributed by atoms with E-state index in [0.717, 1.165) is 59.2 Å². The Hall–Kier alpha value is -5.63. The maximum atomic E-state index is 12.9. The summed E-state index contributed by atoms with van der Waals surface area (Å²) < 4.78 is 49.8. The summed E-state index contributed by atoms with van der Waals surface area (Å²) in [6, 6.07) is 34.6. The average Bonchev–Trinajstić information content (AvgIpc) is 3.12. The Morgan fingerprint density at radius 1 is 0.735 bits per heavy atom. The van der Waals surface area contributed by atoms with Crippen molar-refractivity contribution in [2.75, 3.05) is 7.11 Å². The lowest BCUT2D eigenvalue weighted by Crippen LogP contribution is -2.05. The topological polar surface area (TPSA) is 72.8 Å². The number of carbonyl (C=O) groups is 2. The molecule has 0 amide bonds. The van der Waals surface area contributed by atoms with Gasteiger partial charge in [0.2, 0.25) is 0 Å². The van der Waals surface area contributed by atoms with Crippen LogP contribution < -0.4 is 4.74 Å². The molecule has 1 unspecified atom stereocenters. The van der Waals surface area contributed by atoms with Gasteiger partial charge < -0.3 is 14.6 Å². The molecule has 0 fully saturated rings. The number of hydrogen-bond acceptors (Lipinski definition) is 4. The number of benzene rings is 5. The molecule has 0 radical (unpaired) electrons. The molecule has 8 heteroatoms. The quantitative estimate of drug-likeness (QED) is 0.127. The second-order valence-electron chi connectivity index (χ2n) is 11.7. The van der Waals surface area contributed by atoms with Crippen LogP contribution in [0.1, 0.15) is 55.0 Å². The van der Waals surface area contributed by atoms with Gasteiger partial charge in [-0.15, -0.1) is 0 Å². The minimum atomic E-state index is -4.37. The zero-order chi connectivity index (χ0) is 34.8. The van der Waals surface area contributed by atoms with E-state index in [1.165, 1.54) is 19.2 Å². The van der Waals surface area contributed by atoms with Gasteiger partial charge in [-0.1, -0.05) is 91.0 Å². The summed E-state index contributed by atoms with van der Waals surface area (Å²) >= 11 is 0. The fraction of sp³-hybridized carbons (Fsp3) is 0.171. The van der Waals surface area contributed by atoms with E-state index in [1.54, 1.807) is 24.3 Å². The van der Waals surface area contributed by atoms with Gasteiger partial charge >= 0.3 is 18.1 Å². The average molecular weight is 665 g/mol. The third-order valence-electron chi connectivity index (χ3n) is 8.24. The molecule has 1 N–H and O–H groups in total. The van der Waals surface area contributed by atoms with Crippen molar-refractivity contribution in [1.82, 2.24) is 0 Å². The van der Waals surface area contributed by atoms with E-state index in [-0.39, 0.29) is 17.5 Å². The van der Waals surface area contributed by atoms with E-state index in [0.29, 0.717) is 23.5 Å². The number of allylic oxidation sites excluding steroid dienone is 1. The molecule has 0 saturated heterocycles. The fourth-order valence-electron chi connectivity index (χ4n) is 5.43. The monoisotopic (exact) mass is 664 g/mol. The van der Waals surface area contributed by atoms with E-state index in [4.69, 9.17) is 9.47 Å². The van der Waals surface area contributed by atoms with Crippen LogP contribution >= 0.6 is 0 Å². The molecule has 0 bridgehead atoms. The van der Waals surface area contributed by atoms with Gasteiger partial charge in [-0.3, -0.25) is 0 Å². The first-order valence-corrected chi connectivity index (χ1v) is 15.7. The molecule has 1 atom stereocenters. The number of esters is 1. The SMILES string of the molecule is COC(=O)c1ccc(CC(/C=C/c2ccccc2OCc2ccc(-c3ccc(C(F)(F)F)cc3)cc2)CCc2ccc(C(=O)O)cc2)cc1. The third-order valence-corrected chi connectivity index (χ3v) is 8.24. The fourth-order valence-corrected chi connectivity index (χ4v) is 5.43. The number of hydrogen-bond donors (Lipinski definition) is 1. The number of aromatic carboxylic acids is 1. The van der Waals surface area contributed by atoms with Crippen LogP contribution in [0.2, 0.25) is 0 Å². The molecule has 5 rings (SSSR count). The normalized spacial score (nSPS) is 12.1. The van der Waals surface area contributed by atoms with Crippen LogP contribution in [0, 0.1) is 5.92 Å². The van der Waals surface area contributed by atoms with Crippen molar-refractivity contribution in [3.8, 4) is 16.9 Å².